The van der Waals surface area contributed by atoms with Crippen LogP contribution in [-0.4, -0.2) is 47.2 Å². The molecule has 5 nitrogen and oxygen atoms in total. The predicted molar refractivity (Wildman–Crippen MR) is 78.5 cm³/mol. The third-order valence-corrected chi connectivity index (χ3v) is 4.65. The molecule has 0 bridgehead atoms. The van der Waals surface area contributed by atoms with Crippen LogP contribution in [0.1, 0.15) is 45.4 Å². The Balaban J connectivity index is 1.98. The van der Waals surface area contributed by atoms with Crippen LogP contribution in [0, 0.1) is 5.92 Å². The molecular formula is C16H25NO4. The molecule has 2 rings (SSSR count). The minimum Gasteiger partial charge on any atom is -0.466 e. The van der Waals surface area contributed by atoms with Crippen molar-refractivity contribution in [1.82, 2.24) is 4.90 Å². The van der Waals surface area contributed by atoms with Gasteiger partial charge in [0, 0.05) is 25.0 Å². The molecule has 1 saturated carbocycles. The van der Waals surface area contributed by atoms with Crippen molar-refractivity contribution in [2.45, 2.75) is 57.5 Å². The number of nitrogens with zero attached hydrogens (tertiary/aromatic N) is 1. The van der Waals surface area contributed by atoms with E-state index in [4.69, 9.17) is 4.74 Å². The number of aliphatic hydroxyl groups is 1. The summed E-state index contributed by atoms with van der Waals surface area (Å²) in [5, 5.41) is 9.57. The van der Waals surface area contributed by atoms with Gasteiger partial charge in [-0.05, 0) is 25.2 Å². The lowest BCUT2D eigenvalue weighted by molar-refractivity contribution is -0.141. The summed E-state index contributed by atoms with van der Waals surface area (Å²) in [4.78, 5) is 25.2. The maximum Gasteiger partial charge on any atom is 0.302 e. The summed E-state index contributed by atoms with van der Waals surface area (Å²) < 4.78 is 4.87. The molecule has 2 fully saturated rings. The van der Waals surface area contributed by atoms with Crippen molar-refractivity contribution in [3.63, 3.8) is 0 Å². The lowest BCUT2D eigenvalue weighted by Gasteiger charge is -2.34. The van der Waals surface area contributed by atoms with Gasteiger partial charge in [-0.1, -0.05) is 19.4 Å². The fourth-order valence-electron chi connectivity index (χ4n) is 3.65. The molecule has 21 heavy (non-hydrogen) atoms. The summed E-state index contributed by atoms with van der Waals surface area (Å²) in [7, 11) is 0. The smallest absolute Gasteiger partial charge is 0.302 e. The molecule has 1 aliphatic heterocycles. The van der Waals surface area contributed by atoms with Gasteiger partial charge >= 0.3 is 5.97 Å². The highest BCUT2D eigenvalue weighted by molar-refractivity contribution is 5.93. The number of ether oxygens (including phenoxy) is 1. The maximum absolute atomic E-state index is 12.6. The molecule has 1 amide bonds. The van der Waals surface area contributed by atoms with Gasteiger partial charge < -0.3 is 14.7 Å². The molecule has 2 aliphatic rings. The zero-order chi connectivity index (χ0) is 15.4. The van der Waals surface area contributed by atoms with Gasteiger partial charge in [-0.3, -0.25) is 9.59 Å². The van der Waals surface area contributed by atoms with Crippen molar-refractivity contribution < 1.29 is 19.4 Å². The summed E-state index contributed by atoms with van der Waals surface area (Å²) in [5.41, 5.74) is 0.459. The van der Waals surface area contributed by atoms with Gasteiger partial charge in [-0.25, -0.2) is 0 Å². The second kappa shape index (κ2) is 7.07. The third-order valence-electron chi connectivity index (χ3n) is 4.65. The first-order chi connectivity index (χ1) is 10.0. The first-order valence-electron chi connectivity index (χ1n) is 7.79. The zero-order valence-corrected chi connectivity index (χ0v) is 12.7. The summed E-state index contributed by atoms with van der Waals surface area (Å²) in [6.07, 6.45) is 5.77. The van der Waals surface area contributed by atoms with Gasteiger partial charge in [-0.15, -0.1) is 0 Å². The number of hydrogen-bond donors (Lipinski definition) is 1. The third kappa shape index (κ3) is 3.64. The molecule has 0 spiro atoms. The number of fused-ring (bicyclic) bond motifs is 1. The van der Waals surface area contributed by atoms with E-state index in [1.54, 1.807) is 0 Å². The minimum absolute atomic E-state index is 0.00989. The Hall–Kier alpha value is -1.36. The van der Waals surface area contributed by atoms with E-state index in [0.717, 1.165) is 25.7 Å². The number of carbonyl (C=O) groups is 2. The molecule has 5 heteroatoms. The van der Waals surface area contributed by atoms with E-state index >= 15 is 0 Å². The van der Waals surface area contributed by atoms with Crippen LogP contribution in [-0.2, 0) is 14.3 Å². The lowest BCUT2D eigenvalue weighted by atomic mass is 9.84. The number of carbonyl (C=O) groups excluding carboxylic acids is 2. The fraction of sp³-hybridized carbons (Fsp3) is 0.750. The Labute approximate surface area is 126 Å². The number of aliphatic hydroxyl groups excluding tert-OH is 1. The maximum atomic E-state index is 12.6. The van der Waals surface area contributed by atoms with E-state index in [9.17, 15) is 14.7 Å². The molecule has 3 atom stereocenters. The van der Waals surface area contributed by atoms with Crippen molar-refractivity contribution in [1.29, 1.82) is 0 Å². The normalized spacial score (nSPS) is 28.1. The zero-order valence-electron chi connectivity index (χ0n) is 12.7. The van der Waals surface area contributed by atoms with E-state index in [2.05, 4.69) is 6.58 Å². The van der Waals surface area contributed by atoms with E-state index < -0.39 is 0 Å². The second-order valence-corrected chi connectivity index (χ2v) is 6.09. The van der Waals surface area contributed by atoms with E-state index in [0.29, 0.717) is 17.9 Å². The Morgan fingerprint density at radius 3 is 2.71 bits per heavy atom. The first-order valence-corrected chi connectivity index (χ1v) is 7.79. The van der Waals surface area contributed by atoms with Crippen molar-refractivity contribution in [3.05, 3.63) is 12.2 Å². The summed E-state index contributed by atoms with van der Waals surface area (Å²) >= 11 is 0. The molecule has 1 saturated heterocycles. The Bertz CT molecular complexity index is 421. The highest BCUT2D eigenvalue weighted by Crippen LogP contribution is 2.40. The Morgan fingerprint density at radius 1 is 1.33 bits per heavy atom. The van der Waals surface area contributed by atoms with Gasteiger partial charge in [0.2, 0.25) is 5.91 Å². The summed E-state index contributed by atoms with van der Waals surface area (Å²) in [5.74, 6) is 0.0775. The van der Waals surface area contributed by atoms with Crippen LogP contribution in [0.15, 0.2) is 12.2 Å². The summed E-state index contributed by atoms with van der Waals surface area (Å²) in [6, 6.07) is 0.157. The molecule has 0 aromatic rings. The van der Waals surface area contributed by atoms with Crippen LogP contribution in [0.2, 0.25) is 0 Å². The highest BCUT2D eigenvalue weighted by Gasteiger charge is 2.44. The number of amides is 1. The van der Waals surface area contributed by atoms with Crippen molar-refractivity contribution in [3.8, 4) is 0 Å². The van der Waals surface area contributed by atoms with Crippen molar-refractivity contribution in [2.75, 3.05) is 13.2 Å². The molecule has 0 aromatic heterocycles. The van der Waals surface area contributed by atoms with Crippen molar-refractivity contribution in [2.24, 2.45) is 5.92 Å². The fourth-order valence-corrected chi connectivity index (χ4v) is 3.65. The molecule has 1 N–H and O–H groups in total. The number of hydrogen-bond acceptors (Lipinski definition) is 4. The molecule has 1 aliphatic carbocycles. The molecule has 0 unspecified atom stereocenters. The van der Waals surface area contributed by atoms with Crippen LogP contribution in [0.4, 0.5) is 0 Å². The number of likely N-dealkylation sites (tertiary alicyclic amines) is 1. The standard InChI is InChI=1S/C16H25NO4/c1-11(7-8-21-12(2)19)16(20)17-14(10-18)9-13-5-3-4-6-15(13)17/h13-15,18H,1,3-10H2,2H3/t13-,14-,15-/m0/s1. The van der Waals surface area contributed by atoms with Crippen LogP contribution in [0.5, 0.6) is 0 Å². The SMILES string of the molecule is C=C(CCOC(C)=O)C(=O)N1[C@H](CO)C[C@@H]2CCCC[C@@H]21. The summed E-state index contributed by atoms with van der Waals surface area (Å²) in [6.45, 7) is 5.38. The van der Waals surface area contributed by atoms with Crippen molar-refractivity contribution >= 4 is 11.9 Å². The quantitative estimate of drug-likeness (QED) is 0.618. The van der Waals surface area contributed by atoms with Crippen LogP contribution in [0.3, 0.4) is 0 Å². The highest BCUT2D eigenvalue weighted by atomic mass is 16.5. The van der Waals surface area contributed by atoms with E-state index in [-0.39, 0.29) is 37.2 Å². The van der Waals surface area contributed by atoms with Crippen LogP contribution in [0.25, 0.3) is 0 Å². The number of esters is 1. The first kappa shape index (κ1) is 16.0. The average Bonchev–Trinajstić information content (AvgIpc) is 2.84. The average molecular weight is 295 g/mol. The van der Waals surface area contributed by atoms with Crippen LogP contribution < -0.4 is 0 Å². The topological polar surface area (TPSA) is 66.8 Å². The Morgan fingerprint density at radius 2 is 2.05 bits per heavy atom. The molecular weight excluding hydrogens is 270 g/mol. The molecule has 0 radical (unpaired) electrons. The predicted octanol–water partition coefficient (Wildman–Crippen LogP) is 1.65. The van der Waals surface area contributed by atoms with Gasteiger partial charge in [0.1, 0.15) is 0 Å². The van der Waals surface area contributed by atoms with Crippen LogP contribution >= 0.6 is 0 Å². The second-order valence-electron chi connectivity index (χ2n) is 6.09. The monoisotopic (exact) mass is 295 g/mol. The van der Waals surface area contributed by atoms with E-state index in [1.807, 2.05) is 4.90 Å². The van der Waals surface area contributed by atoms with E-state index in [1.165, 1.54) is 13.3 Å². The van der Waals surface area contributed by atoms with Gasteiger partial charge in [0.05, 0.1) is 19.3 Å². The Kier molecular flexibility index (Phi) is 5.39. The molecule has 0 aromatic carbocycles. The minimum atomic E-state index is -0.350. The van der Waals surface area contributed by atoms with Gasteiger partial charge in [0.15, 0.2) is 0 Å². The van der Waals surface area contributed by atoms with Gasteiger partial charge in [-0.2, -0.15) is 0 Å². The number of rotatable bonds is 5. The lowest BCUT2D eigenvalue weighted by Crippen LogP contribution is -2.45. The molecule has 1 heterocycles. The molecule has 118 valence electrons. The largest absolute Gasteiger partial charge is 0.466 e. The van der Waals surface area contributed by atoms with Gasteiger partial charge in [0.25, 0.3) is 0 Å².